The summed E-state index contributed by atoms with van der Waals surface area (Å²) < 4.78 is 44.4. The van der Waals surface area contributed by atoms with Crippen molar-refractivity contribution in [2.75, 3.05) is 49.8 Å². The summed E-state index contributed by atoms with van der Waals surface area (Å²) in [6, 6.07) is 21.1. The van der Waals surface area contributed by atoms with Gasteiger partial charge in [-0.3, -0.25) is 9.62 Å². The number of aromatic nitrogens is 3. The average molecular weight is 600 g/mol. The molecule has 2 aromatic heterocycles. The lowest BCUT2D eigenvalue weighted by atomic mass is 10.1. The van der Waals surface area contributed by atoms with Crippen LogP contribution in [0.4, 0.5) is 21.6 Å². The molecule has 2 N–H and O–H groups in total. The molecule has 0 saturated carbocycles. The van der Waals surface area contributed by atoms with Gasteiger partial charge in [0.05, 0.1) is 5.69 Å². The van der Waals surface area contributed by atoms with E-state index in [1.54, 1.807) is 37.3 Å². The minimum Gasteiger partial charge on any atom is -0.346 e. The van der Waals surface area contributed by atoms with Gasteiger partial charge in [-0.2, -0.15) is 0 Å². The van der Waals surface area contributed by atoms with Crippen molar-refractivity contribution < 1.29 is 12.8 Å². The third-order valence-electron chi connectivity index (χ3n) is 7.77. The average Bonchev–Trinajstić information content (AvgIpc) is 3.40. The number of hydrogen-bond acceptors (Lipinski definition) is 7. The van der Waals surface area contributed by atoms with Crippen LogP contribution < -0.4 is 10.0 Å². The van der Waals surface area contributed by atoms with Gasteiger partial charge >= 0.3 is 0 Å². The van der Waals surface area contributed by atoms with E-state index in [1.165, 1.54) is 24.0 Å². The molecule has 0 spiro atoms. The number of likely N-dealkylation sites (N-methyl/N-ethyl adjacent to an activating group) is 1. The Kier molecular flexibility index (Phi) is 8.11. The van der Waals surface area contributed by atoms with Crippen molar-refractivity contribution in [3.63, 3.8) is 0 Å². The van der Waals surface area contributed by atoms with Crippen LogP contribution in [-0.4, -0.2) is 72.5 Å². The Morgan fingerprint density at radius 1 is 0.860 bits per heavy atom. The number of hydrogen-bond donors (Lipinski definition) is 2. The lowest BCUT2D eigenvalue weighted by molar-refractivity contribution is 0.150. The van der Waals surface area contributed by atoms with Gasteiger partial charge in [-0.1, -0.05) is 12.1 Å². The second-order valence-electron chi connectivity index (χ2n) is 11.0. The first kappa shape index (κ1) is 28.8. The highest BCUT2D eigenvalue weighted by Crippen LogP contribution is 2.27. The largest absolute Gasteiger partial charge is 0.346 e. The predicted molar refractivity (Wildman–Crippen MR) is 169 cm³/mol. The van der Waals surface area contributed by atoms with Gasteiger partial charge in [-0.05, 0) is 74.1 Å². The third kappa shape index (κ3) is 6.69. The fraction of sp³-hybridized carbons (Fsp3) is 0.250. The normalized spacial score (nSPS) is 14.7. The third-order valence-corrected chi connectivity index (χ3v) is 9.19. The number of aryl methyl sites for hydroxylation is 1. The number of nitrogens with zero attached hydrogens (tertiary/aromatic N) is 5. The molecule has 0 atom stereocenters. The van der Waals surface area contributed by atoms with E-state index in [2.05, 4.69) is 71.9 Å². The molecule has 0 bridgehead atoms. The van der Waals surface area contributed by atoms with Crippen LogP contribution in [0.3, 0.4) is 0 Å². The van der Waals surface area contributed by atoms with Crippen molar-refractivity contribution in [3.8, 4) is 11.3 Å². The maximum atomic E-state index is 14.2. The zero-order valence-corrected chi connectivity index (χ0v) is 25.0. The minimum absolute atomic E-state index is 0.317. The number of nitrogens with one attached hydrogen (secondary N) is 2. The molecule has 11 heteroatoms. The molecule has 43 heavy (non-hydrogen) atoms. The SMILES string of the molecule is Cc1ccc(S(=O)(=O)Nc2ccc(Nc3cc(-c4ccc5c(ccn5CCN5CCN(C)CC5)c4)ncn3)cc2)c(F)c1. The van der Waals surface area contributed by atoms with Gasteiger partial charge < -0.3 is 14.8 Å². The molecule has 222 valence electrons. The van der Waals surface area contributed by atoms with E-state index in [1.807, 2.05) is 6.07 Å². The van der Waals surface area contributed by atoms with Crippen molar-refractivity contribution in [1.29, 1.82) is 0 Å². The molecule has 1 fully saturated rings. The molecule has 1 saturated heterocycles. The van der Waals surface area contributed by atoms with E-state index in [0.29, 0.717) is 22.8 Å². The molecule has 5 aromatic rings. The van der Waals surface area contributed by atoms with E-state index in [9.17, 15) is 12.8 Å². The van der Waals surface area contributed by atoms with Crippen LogP contribution in [0.15, 0.2) is 90.2 Å². The molecule has 0 aliphatic carbocycles. The van der Waals surface area contributed by atoms with Crippen LogP contribution in [0.25, 0.3) is 22.2 Å². The molecule has 0 amide bonds. The number of sulfonamides is 1. The molecular formula is C32H34FN7O2S. The fourth-order valence-electron chi connectivity index (χ4n) is 5.26. The summed E-state index contributed by atoms with van der Waals surface area (Å²) in [6.45, 7) is 8.16. The summed E-state index contributed by atoms with van der Waals surface area (Å²) in [6.07, 6.45) is 3.67. The molecule has 0 radical (unpaired) electrons. The van der Waals surface area contributed by atoms with Gasteiger partial charge in [-0.15, -0.1) is 0 Å². The zero-order chi connectivity index (χ0) is 30.0. The molecule has 1 aliphatic heterocycles. The number of benzene rings is 3. The van der Waals surface area contributed by atoms with E-state index in [-0.39, 0.29) is 0 Å². The summed E-state index contributed by atoms with van der Waals surface area (Å²) in [5.74, 6) is -0.187. The predicted octanol–water partition coefficient (Wildman–Crippen LogP) is 5.34. The Balaban J connectivity index is 1.11. The first-order valence-corrected chi connectivity index (χ1v) is 15.7. The second kappa shape index (κ2) is 12.1. The number of halogens is 1. The van der Waals surface area contributed by atoms with Crippen molar-refractivity contribution >= 4 is 38.1 Å². The molecule has 9 nitrogen and oxygen atoms in total. The highest BCUT2D eigenvalue weighted by Gasteiger charge is 2.19. The van der Waals surface area contributed by atoms with Gasteiger partial charge in [0.1, 0.15) is 22.9 Å². The van der Waals surface area contributed by atoms with Gasteiger partial charge in [0, 0.05) is 79.4 Å². The molecule has 1 aliphatic rings. The van der Waals surface area contributed by atoms with Crippen LogP contribution >= 0.6 is 0 Å². The minimum atomic E-state index is -4.06. The Morgan fingerprint density at radius 3 is 2.40 bits per heavy atom. The zero-order valence-electron chi connectivity index (χ0n) is 24.2. The maximum Gasteiger partial charge on any atom is 0.264 e. The number of rotatable bonds is 9. The summed E-state index contributed by atoms with van der Waals surface area (Å²) in [5.41, 5.74) is 4.65. The molecule has 0 unspecified atom stereocenters. The van der Waals surface area contributed by atoms with Gasteiger partial charge in [0.25, 0.3) is 10.0 Å². The van der Waals surface area contributed by atoms with Crippen molar-refractivity contribution in [2.24, 2.45) is 0 Å². The molecule has 3 aromatic carbocycles. The maximum absolute atomic E-state index is 14.2. The van der Waals surface area contributed by atoms with Crippen molar-refractivity contribution in [3.05, 3.63) is 96.7 Å². The van der Waals surface area contributed by atoms with E-state index >= 15 is 0 Å². The number of piperazine rings is 1. The number of anilines is 3. The quantitative estimate of drug-likeness (QED) is 0.236. The Bertz CT molecular complexity index is 1850. The van der Waals surface area contributed by atoms with Gasteiger partial charge in [0.2, 0.25) is 0 Å². The van der Waals surface area contributed by atoms with Crippen LogP contribution in [0.5, 0.6) is 0 Å². The van der Waals surface area contributed by atoms with Gasteiger partial charge in [-0.25, -0.2) is 22.8 Å². The summed E-state index contributed by atoms with van der Waals surface area (Å²) in [5, 5.41) is 4.40. The smallest absolute Gasteiger partial charge is 0.264 e. The first-order chi connectivity index (χ1) is 20.7. The highest BCUT2D eigenvalue weighted by atomic mass is 32.2. The lowest BCUT2D eigenvalue weighted by Gasteiger charge is -2.32. The highest BCUT2D eigenvalue weighted by molar-refractivity contribution is 7.92. The topological polar surface area (TPSA) is 95.4 Å². The summed E-state index contributed by atoms with van der Waals surface area (Å²) in [7, 11) is -1.89. The standard InChI is InChI=1S/C32H34FN7O2S/c1-23-3-10-31(28(33)19-23)43(41,42)37-27-7-5-26(6-8-27)36-32-21-29(34-22-35-32)24-4-9-30-25(20-24)11-12-40(30)18-17-39-15-13-38(2)14-16-39/h3-12,19-22,37H,13-18H2,1-2H3,(H,34,35,36). The second-order valence-corrected chi connectivity index (χ2v) is 12.6. The first-order valence-electron chi connectivity index (χ1n) is 14.2. The van der Waals surface area contributed by atoms with Crippen molar-refractivity contribution in [2.45, 2.75) is 18.4 Å². The van der Waals surface area contributed by atoms with E-state index in [4.69, 9.17) is 0 Å². The van der Waals surface area contributed by atoms with Crippen LogP contribution in [-0.2, 0) is 16.6 Å². The summed E-state index contributed by atoms with van der Waals surface area (Å²) in [4.78, 5) is 13.3. The lowest BCUT2D eigenvalue weighted by Crippen LogP contribution is -2.45. The van der Waals surface area contributed by atoms with Crippen LogP contribution in [0, 0.1) is 12.7 Å². The van der Waals surface area contributed by atoms with Gasteiger partial charge in [0.15, 0.2) is 0 Å². The Hall–Kier alpha value is -4.32. The fourth-order valence-corrected chi connectivity index (χ4v) is 6.38. The van der Waals surface area contributed by atoms with Crippen LogP contribution in [0.1, 0.15) is 5.56 Å². The van der Waals surface area contributed by atoms with Crippen molar-refractivity contribution in [1.82, 2.24) is 24.3 Å². The summed E-state index contributed by atoms with van der Waals surface area (Å²) >= 11 is 0. The molecule has 6 rings (SSSR count). The number of fused-ring (bicyclic) bond motifs is 1. The monoisotopic (exact) mass is 599 g/mol. The van der Waals surface area contributed by atoms with E-state index < -0.39 is 20.7 Å². The molecule has 3 heterocycles. The van der Waals surface area contributed by atoms with Crippen LogP contribution in [0.2, 0.25) is 0 Å². The Labute approximate surface area is 251 Å². The molecular weight excluding hydrogens is 565 g/mol. The Morgan fingerprint density at radius 2 is 1.63 bits per heavy atom. The van der Waals surface area contributed by atoms with E-state index in [0.717, 1.165) is 55.9 Å².